The SMILES string of the molecule is Cc1nc(NC(=O)[C@@H](N)C(C)C)sc1-c1cnc(Cl)c(NS(=O)(=O)c2ccc(Cl)cc2Cl)c1. The van der Waals surface area contributed by atoms with Gasteiger partial charge >= 0.3 is 0 Å². The van der Waals surface area contributed by atoms with Crippen LogP contribution in [0.15, 0.2) is 35.4 Å². The van der Waals surface area contributed by atoms with E-state index in [0.29, 0.717) is 26.3 Å². The second kappa shape index (κ2) is 10.1. The highest BCUT2D eigenvalue weighted by molar-refractivity contribution is 7.92. The van der Waals surface area contributed by atoms with Gasteiger partial charge in [-0.05, 0) is 37.1 Å². The van der Waals surface area contributed by atoms with Crippen molar-refractivity contribution in [2.75, 3.05) is 10.0 Å². The first-order valence-electron chi connectivity index (χ1n) is 9.56. The number of nitrogens with one attached hydrogen (secondary N) is 2. The lowest BCUT2D eigenvalue weighted by atomic mass is 10.1. The second-order valence-corrected chi connectivity index (χ2v) is 11.3. The Morgan fingerprint density at radius 2 is 1.88 bits per heavy atom. The Hall–Kier alpha value is -1.95. The fourth-order valence-corrected chi connectivity index (χ4v) is 5.73. The van der Waals surface area contributed by atoms with Crippen molar-refractivity contribution in [1.82, 2.24) is 9.97 Å². The Morgan fingerprint density at radius 1 is 1.18 bits per heavy atom. The summed E-state index contributed by atoms with van der Waals surface area (Å²) < 4.78 is 28.1. The molecule has 1 amide bonds. The molecule has 0 saturated heterocycles. The third kappa shape index (κ3) is 5.95. The molecule has 2 aromatic heterocycles. The maximum atomic E-state index is 12.9. The average Bonchev–Trinajstić information content (AvgIpc) is 3.08. The molecule has 0 spiro atoms. The molecule has 33 heavy (non-hydrogen) atoms. The van der Waals surface area contributed by atoms with Gasteiger partial charge in [-0.3, -0.25) is 9.52 Å². The van der Waals surface area contributed by atoms with Gasteiger partial charge in [0.05, 0.1) is 27.3 Å². The molecule has 4 N–H and O–H groups in total. The molecule has 0 aliphatic carbocycles. The Morgan fingerprint density at radius 3 is 2.52 bits per heavy atom. The van der Waals surface area contributed by atoms with Gasteiger partial charge < -0.3 is 11.1 Å². The third-order valence-electron chi connectivity index (χ3n) is 4.58. The highest BCUT2D eigenvalue weighted by atomic mass is 35.5. The average molecular weight is 549 g/mol. The van der Waals surface area contributed by atoms with Gasteiger partial charge in [0.2, 0.25) is 5.91 Å². The molecule has 1 aromatic carbocycles. The fourth-order valence-electron chi connectivity index (χ4n) is 2.75. The first kappa shape index (κ1) is 25.7. The highest BCUT2D eigenvalue weighted by Gasteiger charge is 2.22. The zero-order valence-electron chi connectivity index (χ0n) is 17.7. The van der Waals surface area contributed by atoms with Gasteiger partial charge in [-0.15, -0.1) is 0 Å². The van der Waals surface area contributed by atoms with Crippen molar-refractivity contribution in [3.63, 3.8) is 0 Å². The molecule has 0 fully saturated rings. The van der Waals surface area contributed by atoms with Crippen molar-refractivity contribution in [2.45, 2.75) is 31.7 Å². The number of carbonyl (C=O) groups is 1. The van der Waals surface area contributed by atoms with Gasteiger partial charge in [0, 0.05) is 16.8 Å². The summed E-state index contributed by atoms with van der Waals surface area (Å²) in [5, 5.41) is 3.30. The van der Waals surface area contributed by atoms with Gasteiger partial charge in [0.1, 0.15) is 4.90 Å². The van der Waals surface area contributed by atoms with Crippen molar-refractivity contribution in [3.05, 3.63) is 51.4 Å². The summed E-state index contributed by atoms with van der Waals surface area (Å²) in [5.74, 6) is -0.372. The Bertz CT molecular complexity index is 1310. The minimum Gasteiger partial charge on any atom is -0.320 e. The lowest BCUT2D eigenvalue weighted by Crippen LogP contribution is -2.39. The minimum absolute atomic E-state index is 0.0317. The van der Waals surface area contributed by atoms with E-state index in [0.717, 1.165) is 0 Å². The monoisotopic (exact) mass is 547 g/mol. The van der Waals surface area contributed by atoms with Crippen LogP contribution in [0.25, 0.3) is 10.4 Å². The zero-order chi connectivity index (χ0) is 24.5. The van der Waals surface area contributed by atoms with E-state index in [-0.39, 0.29) is 32.6 Å². The third-order valence-corrected chi connectivity index (χ3v) is 8.08. The summed E-state index contributed by atoms with van der Waals surface area (Å²) in [6, 6.07) is 4.90. The molecule has 2 heterocycles. The lowest BCUT2D eigenvalue weighted by molar-refractivity contribution is -0.118. The van der Waals surface area contributed by atoms with Crippen molar-refractivity contribution in [1.29, 1.82) is 0 Å². The number of carbonyl (C=O) groups excluding carboxylic acids is 1. The van der Waals surface area contributed by atoms with Crippen molar-refractivity contribution in [2.24, 2.45) is 11.7 Å². The van der Waals surface area contributed by atoms with Crippen LogP contribution in [0.3, 0.4) is 0 Å². The van der Waals surface area contributed by atoms with Gasteiger partial charge in [-0.25, -0.2) is 18.4 Å². The quantitative estimate of drug-likeness (QED) is 0.348. The first-order valence-corrected chi connectivity index (χ1v) is 13.0. The molecule has 1 atom stereocenters. The standard InChI is InChI=1S/C20H20Cl3N5O3S2/c1-9(2)16(24)19(29)27-20-26-10(3)17(32-20)11-6-14(18(23)25-8-11)28-33(30,31)15-5-4-12(21)7-13(15)22/h4-9,16,28H,24H2,1-3H3,(H,26,27,29)/t16-/m0/s1. The number of sulfonamides is 1. The number of thiazole rings is 1. The Labute approximate surface area is 210 Å². The number of nitrogens with two attached hydrogens (primary N) is 1. The van der Waals surface area contributed by atoms with E-state index >= 15 is 0 Å². The summed E-state index contributed by atoms with van der Waals surface area (Å²) >= 11 is 19.3. The lowest BCUT2D eigenvalue weighted by Gasteiger charge is -2.13. The molecule has 0 unspecified atom stereocenters. The first-order chi connectivity index (χ1) is 15.4. The molecule has 3 rings (SSSR count). The normalized spacial score (nSPS) is 12.6. The molecule has 0 radical (unpaired) electrons. The van der Waals surface area contributed by atoms with Gasteiger partial charge in [-0.1, -0.05) is 60.0 Å². The summed E-state index contributed by atoms with van der Waals surface area (Å²) in [6.45, 7) is 5.46. The van der Waals surface area contributed by atoms with Crippen LogP contribution in [0.4, 0.5) is 10.8 Å². The summed E-state index contributed by atoms with van der Waals surface area (Å²) in [6.07, 6.45) is 1.49. The van der Waals surface area contributed by atoms with Gasteiger partial charge in [-0.2, -0.15) is 0 Å². The van der Waals surface area contributed by atoms with Crippen LogP contribution in [0.5, 0.6) is 0 Å². The Kier molecular flexibility index (Phi) is 7.87. The predicted octanol–water partition coefficient (Wildman–Crippen LogP) is 5.20. The van der Waals surface area contributed by atoms with E-state index in [1.54, 1.807) is 6.92 Å². The minimum atomic E-state index is -4.07. The number of hydrogen-bond donors (Lipinski definition) is 3. The summed E-state index contributed by atoms with van der Waals surface area (Å²) in [4.78, 5) is 21.2. The van der Waals surface area contributed by atoms with Crippen molar-refractivity contribution >= 4 is 72.9 Å². The highest BCUT2D eigenvalue weighted by Crippen LogP contribution is 2.36. The topological polar surface area (TPSA) is 127 Å². The van der Waals surface area contributed by atoms with Crippen LogP contribution in [-0.4, -0.2) is 30.3 Å². The fraction of sp³-hybridized carbons (Fsp3) is 0.250. The van der Waals surface area contributed by atoms with E-state index < -0.39 is 16.1 Å². The molecule has 0 aliphatic rings. The molecule has 3 aromatic rings. The van der Waals surface area contributed by atoms with E-state index in [4.69, 9.17) is 40.5 Å². The number of anilines is 2. The van der Waals surface area contributed by atoms with Gasteiger partial charge in [0.25, 0.3) is 10.0 Å². The number of rotatable bonds is 7. The Balaban J connectivity index is 1.91. The molecule has 0 aliphatic heterocycles. The van der Waals surface area contributed by atoms with Crippen LogP contribution in [0.2, 0.25) is 15.2 Å². The van der Waals surface area contributed by atoms with Crippen LogP contribution in [0, 0.1) is 12.8 Å². The van der Waals surface area contributed by atoms with Gasteiger partial charge in [0.15, 0.2) is 10.3 Å². The number of amides is 1. The molecular weight excluding hydrogens is 529 g/mol. The number of aromatic nitrogens is 2. The van der Waals surface area contributed by atoms with E-state index in [1.807, 2.05) is 13.8 Å². The number of aryl methyl sites for hydroxylation is 1. The molecular formula is C20H20Cl3N5O3S2. The molecule has 0 bridgehead atoms. The molecule has 176 valence electrons. The number of hydrogen-bond acceptors (Lipinski definition) is 7. The van der Waals surface area contributed by atoms with E-state index in [1.165, 1.54) is 41.8 Å². The van der Waals surface area contributed by atoms with E-state index in [2.05, 4.69) is 20.0 Å². The second-order valence-electron chi connectivity index (χ2n) is 7.44. The molecule has 0 saturated carbocycles. The van der Waals surface area contributed by atoms with Crippen molar-refractivity contribution in [3.8, 4) is 10.4 Å². The maximum Gasteiger partial charge on any atom is 0.263 e. The van der Waals surface area contributed by atoms with E-state index in [9.17, 15) is 13.2 Å². The largest absolute Gasteiger partial charge is 0.320 e. The zero-order valence-corrected chi connectivity index (χ0v) is 21.6. The number of benzene rings is 1. The molecule has 8 nitrogen and oxygen atoms in total. The maximum absolute atomic E-state index is 12.9. The van der Waals surface area contributed by atoms with Crippen molar-refractivity contribution < 1.29 is 13.2 Å². The predicted molar refractivity (Wildman–Crippen MR) is 134 cm³/mol. The smallest absolute Gasteiger partial charge is 0.263 e. The summed E-state index contributed by atoms with van der Waals surface area (Å²) in [5.41, 5.74) is 7.12. The molecule has 13 heteroatoms. The number of pyridine rings is 1. The van der Waals surface area contributed by atoms with Crippen LogP contribution in [-0.2, 0) is 14.8 Å². The van der Waals surface area contributed by atoms with Crippen LogP contribution in [0.1, 0.15) is 19.5 Å². The summed E-state index contributed by atoms with van der Waals surface area (Å²) in [7, 11) is -4.07. The van der Waals surface area contributed by atoms with Crippen LogP contribution >= 0.6 is 46.1 Å². The van der Waals surface area contributed by atoms with Crippen LogP contribution < -0.4 is 15.8 Å². The number of halogens is 3. The number of nitrogens with zero attached hydrogens (tertiary/aromatic N) is 2.